The lowest BCUT2D eigenvalue weighted by atomic mass is 10.1. The van der Waals surface area contributed by atoms with Crippen LogP contribution in [0.4, 0.5) is 11.6 Å². The largest absolute Gasteiger partial charge is 0.476 e. The van der Waals surface area contributed by atoms with Gasteiger partial charge in [-0.15, -0.1) is 0 Å². The van der Waals surface area contributed by atoms with Crippen molar-refractivity contribution < 1.29 is 4.74 Å². The zero-order valence-corrected chi connectivity index (χ0v) is 16.7. The molecule has 0 atom stereocenters. The zero-order chi connectivity index (χ0) is 19.7. The Morgan fingerprint density at radius 3 is 2.54 bits per heavy atom. The lowest BCUT2D eigenvalue weighted by Crippen LogP contribution is -2.10. The molecule has 4 aromatic rings. The molecule has 4 rings (SSSR count). The van der Waals surface area contributed by atoms with E-state index in [4.69, 9.17) is 21.2 Å². The predicted molar refractivity (Wildman–Crippen MR) is 112 cm³/mol. The normalized spacial score (nSPS) is 11.1. The van der Waals surface area contributed by atoms with Crippen LogP contribution >= 0.6 is 15.9 Å². The second-order valence-electron chi connectivity index (χ2n) is 6.22. The van der Waals surface area contributed by atoms with Crippen molar-refractivity contribution in [1.29, 1.82) is 0 Å². The van der Waals surface area contributed by atoms with E-state index in [0.29, 0.717) is 30.7 Å². The van der Waals surface area contributed by atoms with Crippen LogP contribution in [0.25, 0.3) is 22.4 Å². The standard InChI is InChI=1S/C19H18BrN7O/c1-11-24-15-4-3-14(12-8-16(21)26-17(22)9-12)25-19(15)27(11)6-7-28-18-5-2-13(20)10-23-18/h2-5,8-10H,6-7H2,1H3,(H4,21,22,26). The molecule has 4 heterocycles. The van der Waals surface area contributed by atoms with E-state index in [1.807, 2.05) is 35.8 Å². The molecule has 0 aromatic carbocycles. The van der Waals surface area contributed by atoms with Gasteiger partial charge in [0.15, 0.2) is 5.65 Å². The summed E-state index contributed by atoms with van der Waals surface area (Å²) in [6, 6.07) is 11.0. The van der Waals surface area contributed by atoms with E-state index < -0.39 is 0 Å². The molecule has 0 unspecified atom stereocenters. The van der Waals surface area contributed by atoms with Crippen LogP contribution in [0.1, 0.15) is 5.82 Å². The lowest BCUT2D eigenvalue weighted by Gasteiger charge is -2.09. The molecule has 0 aliphatic heterocycles. The van der Waals surface area contributed by atoms with Gasteiger partial charge in [0.1, 0.15) is 29.6 Å². The Balaban J connectivity index is 1.60. The topological polar surface area (TPSA) is 118 Å². The third kappa shape index (κ3) is 3.74. The molecule has 0 saturated carbocycles. The molecule has 142 valence electrons. The summed E-state index contributed by atoms with van der Waals surface area (Å²) in [6.07, 6.45) is 1.70. The monoisotopic (exact) mass is 439 g/mol. The quantitative estimate of drug-likeness (QED) is 0.489. The van der Waals surface area contributed by atoms with Gasteiger partial charge >= 0.3 is 0 Å². The van der Waals surface area contributed by atoms with E-state index in [2.05, 4.69) is 30.9 Å². The molecule has 0 fully saturated rings. The number of aryl methyl sites for hydroxylation is 1. The third-order valence-electron chi connectivity index (χ3n) is 4.21. The molecule has 4 N–H and O–H groups in total. The maximum Gasteiger partial charge on any atom is 0.213 e. The van der Waals surface area contributed by atoms with E-state index in [1.54, 1.807) is 18.3 Å². The van der Waals surface area contributed by atoms with Crippen molar-refractivity contribution in [3.8, 4) is 17.1 Å². The molecular formula is C19H18BrN7O. The van der Waals surface area contributed by atoms with Crippen LogP contribution in [0.15, 0.2) is 47.1 Å². The Bertz CT molecular complexity index is 1120. The Labute approximate surface area is 169 Å². The highest BCUT2D eigenvalue weighted by Gasteiger charge is 2.12. The second-order valence-corrected chi connectivity index (χ2v) is 7.13. The van der Waals surface area contributed by atoms with E-state index in [-0.39, 0.29) is 0 Å². The van der Waals surface area contributed by atoms with Gasteiger partial charge in [-0.25, -0.2) is 19.9 Å². The van der Waals surface area contributed by atoms with Crippen molar-refractivity contribution >= 4 is 38.7 Å². The molecule has 8 nitrogen and oxygen atoms in total. The molecule has 9 heteroatoms. The maximum atomic E-state index is 5.81. The number of halogens is 1. The Morgan fingerprint density at radius 2 is 1.82 bits per heavy atom. The van der Waals surface area contributed by atoms with Crippen LogP contribution in [-0.4, -0.2) is 31.1 Å². The number of nitrogens with zero attached hydrogens (tertiary/aromatic N) is 5. The van der Waals surface area contributed by atoms with Gasteiger partial charge in [-0.3, -0.25) is 0 Å². The molecule has 0 aliphatic carbocycles. The minimum atomic E-state index is 0.358. The van der Waals surface area contributed by atoms with Crippen LogP contribution in [-0.2, 0) is 6.54 Å². The Kier molecular flexibility index (Phi) is 4.82. The third-order valence-corrected chi connectivity index (χ3v) is 4.68. The number of imidazole rings is 1. The van der Waals surface area contributed by atoms with Crippen molar-refractivity contribution in [1.82, 2.24) is 24.5 Å². The van der Waals surface area contributed by atoms with Gasteiger partial charge in [-0.1, -0.05) is 0 Å². The summed E-state index contributed by atoms with van der Waals surface area (Å²) in [6.45, 7) is 2.99. The summed E-state index contributed by atoms with van der Waals surface area (Å²) >= 11 is 3.36. The number of ether oxygens (including phenoxy) is 1. The van der Waals surface area contributed by atoms with E-state index >= 15 is 0 Å². The first-order valence-corrected chi connectivity index (χ1v) is 9.40. The molecule has 28 heavy (non-hydrogen) atoms. The number of hydrogen-bond acceptors (Lipinski definition) is 7. The minimum absolute atomic E-state index is 0.358. The lowest BCUT2D eigenvalue weighted by molar-refractivity contribution is 0.287. The van der Waals surface area contributed by atoms with Gasteiger partial charge in [-0.05, 0) is 53.2 Å². The number of nitrogen functional groups attached to an aromatic ring is 2. The van der Waals surface area contributed by atoms with Gasteiger partial charge in [0.25, 0.3) is 0 Å². The summed E-state index contributed by atoms with van der Waals surface area (Å²) in [7, 11) is 0. The Morgan fingerprint density at radius 1 is 1.04 bits per heavy atom. The first-order chi connectivity index (χ1) is 13.5. The number of fused-ring (bicyclic) bond motifs is 1. The van der Waals surface area contributed by atoms with Gasteiger partial charge in [0.2, 0.25) is 5.88 Å². The number of nitrogens with two attached hydrogens (primary N) is 2. The van der Waals surface area contributed by atoms with Crippen molar-refractivity contribution in [3.63, 3.8) is 0 Å². The summed E-state index contributed by atoms with van der Waals surface area (Å²) in [4.78, 5) is 17.6. The average molecular weight is 440 g/mol. The van der Waals surface area contributed by atoms with Crippen LogP contribution < -0.4 is 16.2 Å². The molecule has 4 aromatic heterocycles. The fourth-order valence-corrected chi connectivity index (χ4v) is 3.19. The molecule has 0 aliphatic rings. The summed E-state index contributed by atoms with van der Waals surface area (Å²) < 4.78 is 8.66. The second kappa shape index (κ2) is 7.43. The molecule has 0 amide bonds. The van der Waals surface area contributed by atoms with Crippen molar-refractivity contribution in [3.05, 3.63) is 52.9 Å². The fraction of sp³-hybridized carbons (Fsp3) is 0.158. The predicted octanol–water partition coefficient (Wildman–Crippen LogP) is 3.20. The maximum absolute atomic E-state index is 5.81. The zero-order valence-electron chi connectivity index (χ0n) is 15.1. The number of aromatic nitrogens is 5. The van der Waals surface area contributed by atoms with Crippen molar-refractivity contribution in [2.45, 2.75) is 13.5 Å². The van der Waals surface area contributed by atoms with E-state index in [0.717, 1.165) is 32.7 Å². The van der Waals surface area contributed by atoms with Gasteiger partial charge in [0.05, 0.1) is 12.2 Å². The highest BCUT2D eigenvalue weighted by molar-refractivity contribution is 9.10. The molecule has 0 saturated heterocycles. The van der Waals surface area contributed by atoms with Gasteiger partial charge in [0, 0.05) is 22.3 Å². The first kappa shape index (κ1) is 18.2. The van der Waals surface area contributed by atoms with Crippen LogP contribution in [0, 0.1) is 6.92 Å². The Hall–Kier alpha value is -3.20. The number of rotatable bonds is 5. The summed E-state index contributed by atoms with van der Waals surface area (Å²) in [5.41, 5.74) is 14.8. The summed E-state index contributed by atoms with van der Waals surface area (Å²) in [5, 5.41) is 0. The number of hydrogen-bond donors (Lipinski definition) is 2. The van der Waals surface area contributed by atoms with E-state index in [9.17, 15) is 0 Å². The SMILES string of the molecule is Cc1nc2ccc(-c3cc(N)nc(N)c3)nc2n1CCOc1ccc(Br)cn1. The molecule has 0 radical (unpaired) electrons. The molecule has 0 spiro atoms. The molecule has 0 bridgehead atoms. The van der Waals surface area contributed by atoms with Gasteiger partial charge < -0.3 is 20.8 Å². The summed E-state index contributed by atoms with van der Waals surface area (Å²) in [5.74, 6) is 2.15. The average Bonchev–Trinajstić information content (AvgIpc) is 2.97. The first-order valence-electron chi connectivity index (χ1n) is 8.61. The van der Waals surface area contributed by atoms with Crippen LogP contribution in [0.3, 0.4) is 0 Å². The van der Waals surface area contributed by atoms with Crippen molar-refractivity contribution in [2.75, 3.05) is 18.1 Å². The number of anilines is 2. The van der Waals surface area contributed by atoms with Crippen LogP contribution in [0.2, 0.25) is 0 Å². The van der Waals surface area contributed by atoms with Crippen molar-refractivity contribution in [2.24, 2.45) is 0 Å². The minimum Gasteiger partial charge on any atom is -0.476 e. The van der Waals surface area contributed by atoms with Crippen LogP contribution in [0.5, 0.6) is 5.88 Å². The highest BCUT2D eigenvalue weighted by Crippen LogP contribution is 2.24. The highest BCUT2D eigenvalue weighted by atomic mass is 79.9. The number of pyridine rings is 3. The smallest absolute Gasteiger partial charge is 0.213 e. The fourth-order valence-electron chi connectivity index (χ4n) is 2.95. The molecular weight excluding hydrogens is 422 g/mol. The van der Waals surface area contributed by atoms with E-state index in [1.165, 1.54) is 0 Å². The van der Waals surface area contributed by atoms with Gasteiger partial charge in [-0.2, -0.15) is 0 Å².